The highest BCUT2D eigenvalue weighted by Crippen LogP contribution is 2.31. The Balaban J connectivity index is 2.48. The molecule has 35 heavy (non-hydrogen) atoms. The topological polar surface area (TPSA) is 83.8 Å². The maximum atomic E-state index is 11.1. The normalized spacial score (nSPS) is 12.4. The first-order chi connectivity index (χ1) is 17.0. The van der Waals surface area contributed by atoms with E-state index in [1.54, 1.807) is 18.4 Å². The third kappa shape index (κ3) is 9.49. The lowest BCUT2D eigenvalue weighted by Gasteiger charge is -2.17. The highest BCUT2D eigenvalue weighted by molar-refractivity contribution is 5.87. The van der Waals surface area contributed by atoms with Crippen LogP contribution in [0.25, 0.3) is 23.8 Å². The molecule has 0 aliphatic rings. The Morgan fingerprint density at radius 2 is 1.26 bits per heavy atom. The molecule has 0 spiro atoms. The van der Waals surface area contributed by atoms with E-state index in [2.05, 4.69) is 13.8 Å². The third-order valence-electron chi connectivity index (χ3n) is 5.43. The Hall–Kier alpha value is -3.86. The van der Waals surface area contributed by atoms with Gasteiger partial charge >= 0.3 is 11.9 Å². The van der Waals surface area contributed by atoms with E-state index < -0.39 is 11.9 Å². The van der Waals surface area contributed by atoms with Crippen LogP contribution >= 0.6 is 0 Å². The monoisotopic (exact) mass is 474 g/mol. The molecule has 0 radical (unpaired) electrons. The van der Waals surface area contributed by atoms with Gasteiger partial charge in [0.1, 0.15) is 5.76 Å². The standard InChI is InChI=1S/C30H34O5/c1-3-5-14-27(26-15-10-9-13-25(26)18-20-30(33)34)28(16-6-4-2)35-22-21-24-12-8-7-11-23(24)17-19-29(31)32/h7-13,15,17-22H,3-6,14,16H2,1-2H3,(H,31,32)(H,33,34). The second-order valence-corrected chi connectivity index (χ2v) is 8.09. The molecule has 2 aromatic rings. The largest absolute Gasteiger partial charge is 0.478 e. The summed E-state index contributed by atoms with van der Waals surface area (Å²) >= 11 is 0. The van der Waals surface area contributed by atoms with Crippen LogP contribution in [0, 0.1) is 0 Å². The number of ether oxygens (including phenoxy) is 1. The predicted octanol–water partition coefficient (Wildman–Crippen LogP) is 7.66. The van der Waals surface area contributed by atoms with Crippen molar-refractivity contribution in [2.75, 3.05) is 0 Å². The summed E-state index contributed by atoms with van der Waals surface area (Å²) in [6, 6.07) is 15.3. The number of carboxylic acid groups (broad SMARTS) is 2. The van der Waals surface area contributed by atoms with Crippen LogP contribution in [0.15, 0.2) is 72.7 Å². The molecule has 0 bridgehead atoms. The van der Waals surface area contributed by atoms with Crippen molar-refractivity contribution in [3.8, 4) is 0 Å². The van der Waals surface area contributed by atoms with Gasteiger partial charge in [-0.25, -0.2) is 9.59 Å². The minimum atomic E-state index is -0.999. The maximum Gasteiger partial charge on any atom is 0.328 e. The second-order valence-electron chi connectivity index (χ2n) is 8.09. The summed E-state index contributed by atoms with van der Waals surface area (Å²) in [5.74, 6) is -1.12. The fraction of sp³-hybridized carbons (Fsp3) is 0.267. The Bertz CT molecular complexity index is 1110. The van der Waals surface area contributed by atoms with Crippen molar-refractivity contribution in [3.63, 3.8) is 0 Å². The molecule has 0 fully saturated rings. The number of hydrogen-bond acceptors (Lipinski definition) is 3. The van der Waals surface area contributed by atoms with Gasteiger partial charge in [0, 0.05) is 18.6 Å². The van der Waals surface area contributed by atoms with E-state index in [1.165, 1.54) is 0 Å². The van der Waals surface area contributed by atoms with Crippen molar-refractivity contribution >= 4 is 35.7 Å². The fourth-order valence-electron chi connectivity index (χ4n) is 3.64. The van der Waals surface area contributed by atoms with Gasteiger partial charge in [0.25, 0.3) is 0 Å². The fourth-order valence-corrected chi connectivity index (χ4v) is 3.64. The summed E-state index contributed by atoms with van der Waals surface area (Å²) in [5, 5.41) is 18.1. The summed E-state index contributed by atoms with van der Waals surface area (Å²) in [6.45, 7) is 4.27. The van der Waals surface area contributed by atoms with Crippen LogP contribution in [0.3, 0.4) is 0 Å². The second kappa shape index (κ2) is 15.1. The molecule has 2 rings (SSSR count). The summed E-state index contributed by atoms with van der Waals surface area (Å²) in [7, 11) is 0. The molecule has 0 heterocycles. The molecule has 2 aromatic carbocycles. The molecule has 184 valence electrons. The Labute approximate surface area is 207 Å². The van der Waals surface area contributed by atoms with Crippen molar-refractivity contribution in [3.05, 3.63) is 95.0 Å². The number of aliphatic carboxylic acids is 2. The van der Waals surface area contributed by atoms with Crippen LogP contribution in [0.4, 0.5) is 0 Å². The molecule has 0 amide bonds. The van der Waals surface area contributed by atoms with Gasteiger partial charge in [0.15, 0.2) is 0 Å². The molecule has 0 saturated carbocycles. The summed E-state index contributed by atoms with van der Waals surface area (Å²) in [6.07, 6.45) is 14.5. The number of rotatable bonds is 14. The Morgan fingerprint density at radius 1 is 0.743 bits per heavy atom. The van der Waals surface area contributed by atoms with E-state index in [-0.39, 0.29) is 0 Å². The minimum absolute atomic E-state index is 0.761. The molecule has 5 nitrogen and oxygen atoms in total. The van der Waals surface area contributed by atoms with Gasteiger partial charge in [-0.15, -0.1) is 0 Å². The van der Waals surface area contributed by atoms with Crippen LogP contribution < -0.4 is 0 Å². The molecule has 0 aromatic heterocycles. The molecule has 0 aliphatic heterocycles. The molecule has 0 aliphatic carbocycles. The van der Waals surface area contributed by atoms with Crippen LogP contribution in [0.2, 0.25) is 0 Å². The van der Waals surface area contributed by atoms with E-state index >= 15 is 0 Å². The number of benzene rings is 2. The number of allylic oxidation sites excluding steroid dienone is 2. The molecule has 0 atom stereocenters. The van der Waals surface area contributed by atoms with E-state index in [0.717, 1.165) is 84.3 Å². The maximum absolute atomic E-state index is 11.1. The average molecular weight is 475 g/mol. The lowest BCUT2D eigenvalue weighted by molar-refractivity contribution is -0.132. The predicted molar refractivity (Wildman–Crippen MR) is 142 cm³/mol. The molecular formula is C30H34O5. The quantitative estimate of drug-likeness (QED) is 0.217. The first-order valence-electron chi connectivity index (χ1n) is 12.0. The average Bonchev–Trinajstić information content (AvgIpc) is 2.85. The van der Waals surface area contributed by atoms with Crippen molar-refractivity contribution in [2.24, 2.45) is 0 Å². The van der Waals surface area contributed by atoms with Crippen molar-refractivity contribution < 1.29 is 24.5 Å². The first-order valence-corrected chi connectivity index (χ1v) is 12.0. The van der Waals surface area contributed by atoms with Gasteiger partial charge in [-0.2, -0.15) is 0 Å². The van der Waals surface area contributed by atoms with Crippen molar-refractivity contribution in [1.82, 2.24) is 0 Å². The van der Waals surface area contributed by atoms with Gasteiger partial charge in [-0.3, -0.25) is 0 Å². The van der Waals surface area contributed by atoms with Crippen LogP contribution in [-0.4, -0.2) is 22.2 Å². The summed E-state index contributed by atoms with van der Waals surface area (Å²) < 4.78 is 6.24. The highest BCUT2D eigenvalue weighted by atomic mass is 16.5. The van der Waals surface area contributed by atoms with Crippen LogP contribution in [0.5, 0.6) is 0 Å². The zero-order valence-electron chi connectivity index (χ0n) is 20.4. The molecule has 5 heteroatoms. The van der Waals surface area contributed by atoms with E-state index in [0.29, 0.717) is 0 Å². The van der Waals surface area contributed by atoms with Crippen molar-refractivity contribution in [2.45, 2.75) is 52.4 Å². The number of unbranched alkanes of at least 4 members (excludes halogenated alkanes) is 2. The number of hydrogen-bond donors (Lipinski definition) is 2. The Kier molecular flexibility index (Phi) is 11.8. The van der Waals surface area contributed by atoms with Gasteiger partial charge in [-0.05, 0) is 65.3 Å². The van der Waals surface area contributed by atoms with Gasteiger partial charge in [0.05, 0.1) is 6.26 Å². The molecule has 2 N–H and O–H groups in total. The minimum Gasteiger partial charge on any atom is -0.478 e. The molecular weight excluding hydrogens is 440 g/mol. The molecule has 0 saturated heterocycles. The molecule has 0 unspecified atom stereocenters. The van der Waals surface area contributed by atoms with E-state index in [1.807, 2.05) is 54.6 Å². The first kappa shape index (κ1) is 27.4. The van der Waals surface area contributed by atoms with E-state index in [4.69, 9.17) is 14.9 Å². The van der Waals surface area contributed by atoms with Crippen molar-refractivity contribution in [1.29, 1.82) is 0 Å². The third-order valence-corrected chi connectivity index (χ3v) is 5.43. The smallest absolute Gasteiger partial charge is 0.328 e. The lowest BCUT2D eigenvalue weighted by Crippen LogP contribution is -1.98. The highest BCUT2D eigenvalue weighted by Gasteiger charge is 2.13. The van der Waals surface area contributed by atoms with Crippen LogP contribution in [0.1, 0.15) is 74.6 Å². The number of carbonyl (C=O) groups is 2. The number of carboxylic acids is 2. The van der Waals surface area contributed by atoms with Gasteiger partial charge in [-0.1, -0.05) is 75.2 Å². The summed E-state index contributed by atoms with van der Waals surface area (Å²) in [4.78, 5) is 22.0. The lowest BCUT2D eigenvalue weighted by atomic mass is 9.93. The SMILES string of the molecule is CCCCC(OC=Cc1ccccc1C=CC(=O)O)=C(CCCC)c1ccccc1C=CC(=O)O. The zero-order valence-corrected chi connectivity index (χ0v) is 20.4. The van der Waals surface area contributed by atoms with Gasteiger partial charge < -0.3 is 14.9 Å². The van der Waals surface area contributed by atoms with Crippen LogP contribution in [-0.2, 0) is 14.3 Å². The van der Waals surface area contributed by atoms with E-state index in [9.17, 15) is 9.59 Å². The zero-order chi connectivity index (χ0) is 25.5. The summed E-state index contributed by atoms with van der Waals surface area (Å²) in [5.41, 5.74) is 4.52. The Morgan fingerprint density at radius 3 is 1.86 bits per heavy atom. The van der Waals surface area contributed by atoms with Gasteiger partial charge in [0.2, 0.25) is 0 Å².